The Morgan fingerprint density at radius 3 is 0.800 bits per heavy atom. The van der Waals surface area contributed by atoms with Crippen LogP contribution in [0.3, 0.4) is 0 Å². The fourth-order valence-electron chi connectivity index (χ4n) is 0. The molecule has 0 saturated carbocycles. The Hall–Kier alpha value is -0.226. The molecule has 0 saturated heterocycles. The third-order valence-electron chi connectivity index (χ3n) is 0.810. The topological polar surface area (TPSA) is 80.9 Å². The van der Waals surface area contributed by atoms with Gasteiger partial charge in [0.1, 0.15) is 0 Å². The molecule has 0 heterocycles. The van der Waals surface area contributed by atoms with Gasteiger partial charge in [0.25, 0.3) is 0 Å². The van der Waals surface area contributed by atoms with Crippen LogP contribution in [0.15, 0.2) is 36.5 Å². The quantitative estimate of drug-likeness (QED) is 0.473. The number of rotatable bonds is 3. The number of aliphatic hydroxyl groups excluding tert-OH is 4. The third kappa shape index (κ3) is 150. The molecule has 120 valence electrons. The Morgan fingerprint density at radius 2 is 0.800 bits per heavy atom. The van der Waals surface area contributed by atoms with Gasteiger partial charge in [0.15, 0.2) is 0 Å². The minimum atomic E-state index is -0.167. The smallest absolute Gasteiger partial charge is 0.0636 e. The van der Waals surface area contributed by atoms with Gasteiger partial charge in [0, 0.05) is 27.8 Å². The van der Waals surface area contributed by atoms with Gasteiger partial charge in [-0.3, -0.25) is 0 Å². The molecule has 0 spiro atoms. The normalized spacial score (nSPS) is 7.50. The van der Waals surface area contributed by atoms with Gasteiger partial charge in [-0.15, -0.1) is 0 Å². The molecule has 0 atom stereocenters. The van der Waals surface area contributed by atoms with Crippen LogP contribution in [-0.4, -0.2) is 46.4 Å². The van der Waals surface area contributed by atoms with Crippen LogP contribution in [0.5, 0.6) is 0 Å². The van der Waals surface area contributed by atoms with E-state index in [1.165, 1.54) is 0 Å². The van der Waals surface area contributed by atoms with E-state index in [0.29, 0.717) is 0 Å². The second-order valence-electron chi connectivity index (χ2n) is 4.44. The van der Waals surface area contributed by atoms with Gasteiger partial charge in [-0.05, 0) is 34.6 Å². The maximum Gasteiger partial charge on any atom is 0.0636 e. The molecule has 0 aliphatic rings. The number of hydrogen-bond acceptors (Lipinski definition) is 4. The van der Waals surface area contributed by atoms with Crippen molar-refractivity contribution in [3.05, 3.63) is 36.5 Å². The van der Waals surface area contributed by atoms with Gasteiger partial charge >= 0.3 is 0 Å². The third-order valence-corrected chi connectivity index (χ3v) is 0.810. The molecule has 0 amide bonds. The first kappa shape index (κ1) is 31.9. The first-order valence-corrected chi connectivity index (χ1v) is 5.98. The average molecular weight is 324 g/mol. The number of aliphatic hydroxyl groups is 4. The molecule has 0 aliphatic carbocycles. The molecule has 0 aromatic rings. The zero-order chi connectivity index (χ0) is 16.4. The SMILES string of the molecule is C=C(C)CO.C=C(C)CO.C=C(C)CO.CC(C)O.[Ti]. The Bertz CT molecular complexity index is 190. The fraction of sp³-hybridized carbons (Fsp3) is 0.600. The molecular weight excluding hydrogens is 292 g/mol. The summed E-state index contributed by atoms with van der Waals surface area (Å²) in [4.78, 5) is 0. The first-order chi connectivity index (χ1) is 8.54. The first-order valence-electron chi connectivity index (χ1n) is 5.98. The molecule has 4 nitrogen and oxygen atoms in total. The summed E-state index contributed by atoms with van der Waals surface area (Å²) >= 11 is 0. The van der Waals surface area contributed by atoms with E-state index in [-0.39, 0.29) is 47.6 Å². The molecule has 20 heavy (non-hydrogen) atoms. The van der Waals surface area contributed by atoms with Crippen LogP contribution in [-0.2, 0) is 21.7 Å². The molecule has 0 aromatic carbocycles. The van der Waals surface area contributed by atoms with E-state index in [4.69, 9.17) is 20.4 Å². The molecule has 0 aliphatic heterocycles. The van der Waals surface area contributed by atoms with Gasteiger partial charge in [0.05, 0.1) is 19.8 Å². The predicted molar refractivity (Wildman–Crippen MR) is 83.1 cm³/mol. The minimum absolute atomic E-state index is 0. The summed E-state index contributed by atoms with van der Waals surface area (Å²) in [6, 6.07) is 0. The van der Waals surface area contributed by atoms with Gasteiger partial charge < -0.3 is 20.4 Å². The largest absolute Gasteiger partial charge is 0.394 e. The predicted octanol–water partition coefficient (Wildman–Crippen LogP) is 2.05. The Morgan fingerprint density at radius 1 is 0.750 bits per heavy atom. The van der Waals surface area contributed by atoms with Crippen molar-refractivity contribution in [2.75, 3.05) is 19.8 Å². The Kier molecular flexibility index (Phi) is 43.4. The molecule has 5 heteroatoms. The van der Waals surface area contributed by atoms with Gasteiger partial charge in [-0.1, -0.05) is 36.5 Å². The minimum Gasteiger partial charge on any atom is -0.394 e. The molecule has 0 unspecified atom stereocenters. The standard InChI is InChI=1S/3C4H8O.C3H8O.Ti/c3*1-4(2)3-5;1-3(2)4;/h3*5H,1,3H2,2H3;3-4H,1-2H3;. The van der Waals surface area contributed by atoms with E-state index in [2.05, 4.69) is 19.7 Å². The summed E-state index contributed by atoms with van der Waals surface area (Å²) in [5, 5.41) is 32.2. The molecule has 0 fully saturated rings. The van der Waals surface area contributed by atoms with Crippen molar-refractivity contribution in [2.24, 2.45) is 0 Å². The van der Waals surface area contributed by atoms with E-state index in [9.17, 15) is 0 Å². The van der Waals surface area contributed by atoms with Crippen molar-refractivity contribution >= 4 is 0 Å². The van der Waals surface area contributed by atoms with Crippen molar-refractivity contribution in [2.45, 2.75) is 40.7 Å². The van der Waals surface area contributed by atoms with Crippen molar-refractivity contribution in [1.82, 2.24) is 0 Å². The fourth-order valence-corrected chi connectivity index (χ4v) is 0. The molecule has 0 radical (unpaired) electrons. The van der Waals surface area contributed by atoms with Gasteiger partial charge in [-0.2, -0.15) is 0 Å². The van der Waals surface area contributed by atoms with Crippen LogP contribution in [0.1, 0.15) is 34.6 Å². The van der Waals surface area contributed by atoms with E-state index in [1.807, 2.05) is 0 Å². The summed E-state index contributed by atoms with van der Waals surface area (Å²) < 4.78 is 0. The maximum atomic E-state index is 8.06. The van der Waals surface area contributed by atoms with Crippen LogP contribution in [0, 0.1) is 0 Å². The maximum absolute atomic E-state index is 8.06. The van der Waals surface area contributed by atoms with E-state index in [0.717, 1.165) is 16.7 Å². The van der Waals surface area contributed by atoms with Crippen molar-refractivity contribution in [3.63, 3.8) is 0 Å². The Labute approximate surface area is 139 Å². The summed E-state index contributed by atoms with van der Waals surface area (Å²) in [7, 11) is 0. The van der Waals surface area contributed by atoms with Crippen molar-refractivity contribution < 1.29 is 42.1 Å². The van der Waals surface area contributed by atoms with Crippen molar-refractivity contribution in [1.29, 1.82) is 0 Å². The molecule has 4 N–H and O–H groups in total. The average Bonchev–Trinajstić information content (AvgIpc) is 2.29. The second-order valence-corrected chi connectivity index (χ2v) is 4.44. The van der Waals surface area contributed by atoms with E-state index < -0.39 is 0 Å². The molecule has 0 aromatic heterocycles. The summed E-state index contributed by atoms with van der Waals surface area (Å²) in [5.41, 5.74) is 2.43. The zero-order valence-electron chi connectivity index (χ0n) is 13.6. The van der Waals surface area contributed by atoms with Crippen LogP contribution in [0.2, 0.25) is 0 Å². The summed E-state index contributed by atoms with van der Waals surface area (Å²) in [6.07, 6.45) is -0.167. The zero-order valence-corrected chi connectivity index (χ0v) is 15.2. The van der Waals surface area contributed by atoms with E-state index >= 15 is 0 Å². The molecular formula is C15H32O4Ti. The van der Waals surface area contributed by atoms with Gasteiger partial charge in [-0.25, -0.2) is 0 Å². The number of hydrogen-bond donors (Lipinski definition) is 4. The summed E-state index contributed by atoms with van der Waals surface area (Å²) in [5.74, 6) is 0. The Balaban J connectivity index is -0.0000000494. The van der Waals surface area contributed by atoms with Gasteiger partial charge in [0.2, 0.25) is 0 Å². The monoisotopic (exact) mass is 324 g/mol. The van der Waals surface area contributed by atoms with E-state index in [1.54, 1.807) is 34.6 Å². The van der Waals surface area contributed by atoms with Crippen molar-refractivity contribution in [3.8, 4) is 0 Å². The van der Waals surface area contributed by atoms with Crippen LogP contribution in [0.25, 0.3) is 0 Å². The summed E-state index contributed by atoms with van der Waals surface area (Å²) in [6.45, 7) is 19.4. The second kappa shape index (κ2) is 27.2. The van der Waals surface area contributed by atoms with Crippen LogP contribution < -0.4 is 0 Å². The molecule has 0 rings (SSSR count). The molecule has 0 bridgehead atoms. The van der Waals surface area contributed by atoms with Crippen LogP contribution in [0.4, 0.5) is 0 Å². The van der Waals surface area contributed by atoms with Crippen LogP contribution >= 0.6 is 0 Å².